The number of benzene rings is 1. The minimum absolute atomic E-state index is 0.0162. The van der Waals surface area contributed by atoms with Crippen molar-refractivity contribution in [3.63, 3.8) is 0 Å². The van der Waals surface area contributed by atoms with Crippen molar-refractivity contribution in [1.29, 1.82) is 0 Å². The second-order valence-electron chi connectivity index (χ2n) is 7.46. The number of aryl methyl sites for hydroxylation is 2. The average molecular weight is 483 g/mol. The first-order valence-corrected chi connectivity index (χ1v) is 10.8. The lowest BCUT2D eigenvalue weighted by Crippen LogP contribution is -2.23. The minimum atomic E-state index is -0.661. The summed E-state index contributed by atoms with van der Waals surface area (Å²) in [6.45, 7) is 1.96. The van der Waals surface area contributed by atoms with Crippen LogP contribution < -0.4 is 17.0 Å². The van der Waals surface area contributed by atoms with Gasteiger partial charge in [-0.15, -0.1) is 0 Å². The highest BCUT2D eigenvalue weighted by Gasteiger charge is 2.16. The van der Waals surface area contributed by atoms with E-state index in [2.05, 4.69) is 42.1 Å². The van der Waals surface area contributed by atoms with Gasteiger partial charge in [-0.2, -0.15) is 10.2 Å². The largest absolute Gasteiger partial charge is 0.382 e. The Bertz CT molecular complexity index is 1660. The number of nitrogen functional groups attached to an aromatic ring is 1. The molecule has 12 nitrogen and oxygen atoms in total. The van der Waals surface area contributed by atoms with E-state index in [9.17, 15) is 9.59 Å². The monoisotopic (exact) mass is 482 g/mol. The standard InChI is InChI=1S/C19H16N6O.C5H6N4O/c1-3-16-21-18-17(19(26)25(16)14-7-5-4-6-8-14)15(22-23-18)10-9-13-11-20-24(2)12-13;6-4-3(5(7)10)8-1-2-9-4/h4-8,11-12H,3H2,1-2H3,(H,22,23);1-2H,(H2,6,9)(H2,7,10). The molecule has 5 N–H and O–H groups in total. The van der Waals surface area contributed by atoms with Crippen LogP contribution in [0.4, 0.5) is 5.82 Å². The second-order valence-corrected chi connectivity index (χ2v) is 7.46. The highest BCUT2D eigenvalue weighted by atomic mass is 16.1. The number of fused-ring (bicyclic) bond motifs is 1. The highest BCUT2D eigenvalue weighted by Crippen LogP contribution is 2.14. The summed E-state index contributed by atoms with van der Waals surface area (Å²) in [7, 11) is 1.82. The van der Waals surface area contributed by atoms with E-state index in [4.69, 9.17) is 11.5 Å². The molecule has 180 valence electrons. The van der Waals surface area contributed by atoms with E-state index in [-0.39, 0.29) is 17.1 Å². The molecule has 0 saturated carbocycles. The number of hydrogen-bond donors (Lipinski definition) is 3. The minimum Gasteiger partial charge on any atom is -0.382 e. The molecular weight excluding hydrogens is 460 g/mol. The lowest BCUT2D eigenvalue weighted by molar-refractivity contribution is 0.0996. The van der Waals surface area contributed by atoms with E-state index >= 15 is 0 Å². The molecule has 0 bridgehead atoms. The number of amides is 1. The van der Waals surface area contributed by atoms with Gasteiger partial charge in [-0.05, 0) is 18.1 Å². The summed E-state index contributed by atoms with van der Waals surface area (Å²) < 4.78 is 3.29. The molecule has 4 heterocycles. The van der Waals surface area contributed by atoms with Gasteiger partial charge in [0.15, 0.2) is 17.2 Å². The van der Waals surface area contributed by atoms with Crippen molar-refractivity contribution in [3.8, 4) is 17.5 Å². The summed E-state index contributed by atoms with van der Waals surface area (Å²) in [5.41, 5.74) is 12.3. The SMILES string of the molecule is CCc1nc2n[nH]c(C#Cc3cnn(C)c3)c2c(=O)n1-c1ccccc1.NC(=O)c1nccnc1N. The lowest BCUT2D eigenvalue weighted by Gasteiger charge is -2.10. The van der Waals surface area contributed by atoms with Gasteiger partial charge in [-0.3, -0.25) is 23.9 Å². The number of aromatic nitrogens is 8. The van der Waals surface area contributed by atoms with Crippen LogP contribution in [0.2, 0.25) is 0 Å². The molecule has 0 aliphatic carbocycles. The summed E-state index contributed by atoms with van der Waals surface area (Å²) in [4.78, 5) is 35.4. The molecule has 1 amide bonds. The molecule has 12 heteroatoms. The first-order chi connectivity index (χ1) is 17.4. The summed E-state index contributed by atoms with van der Waals surface area (Å²) in [5.74, 6) is 6.04. The fraction of sp³-hybridized carbons (Fsp3) is 0.125. The topological polar surface area (TPSA) is 176 Å². The Balaban J connectivity index is 0.000000256. The number of carbonyl (C=O) groups excluding carboxylic acids is 1. The third kappa shape index (κ3) is 4.95. The lowest BCUT2D eigenvalue weighted by atomic mass is 10.2. The Morgan fingerprint density at radius 1 is 1.14 bits per heavy atom. The van der Waals surface area contributed by atoms with Gasteiger partial charge in [0, 0.05) is 32.1 Å². The Labute approximate surface area is 205 Å². The number of rotatable bonds is 3. The fourth-order valence-corrected chi connectivity index (χ4v) is 3.35. The van der Waals surface area contributed by atoms with E-state index in [1.54, 1.807) is 21.6 Å². The number of nitrogens with two attached hydrogens (primary N) is 2. The molecule has 0 spiro atoms. The van der Waals surface area contributed by atoms with Crippen molar-refractivity contribution >= 4 is 22.8 Å². The molecule has 0 saturated heterocycles. The van der Waals surface area contributed by atoms with Gasteiger partial charge in [-0.1, -0.05) is 31.0 Å². The summed E-state index contributed by atoms with van der Waals surface area (Å²) >= 11 is 0. The van der Waals surface area contributed by atoms with E-state index < -0.39 is 5.91 Å². The third-order valence-electron chi connectivity index (χ3n) is 4.98. The van der Waals surface area contributed by atoms with Crippen LogP contribution in [0.15, 0.2) is 59.9 Å². The Morgan fingerprint density at radius 3 is 2.50 bits per heavy atom. The maximum atomic E-state index is 13.2. The van der Waals surface area contributed by atoms with Crippen molar-refractivity contribution in [2.45, 2.75) is 13.3 Å². The molecule has 0 fully saturated rings. The smallest absolute Gasteiger partial charge is 0.271 e. The van der Waals surface area contributed by atoms with Crippen LogP contribution in [-0.4, -0.2) is 45.4 Å². The number of carbonyl (C=O) groups is 1. The van der Waals surface area contributed by atoms with Crippen LogP contribution in [-0.2, 0) is 13.5 Å². The third-order valence-corrected chi connectivity index (χ3v) is 4.98. The first kappa shape index (κ1) is 23.8. The molecule has 0 aliphatic heterocycles. The van der Waals surface area contributed by atoms with Gasteiger partial charge in [0.1, 0.15) is 16.9 Å². The number of nitrogens with zero attached hydrogens (tertiary/aromatic N) is 7. The summed E-state index contributed by atoms with van der Waals surface area (Å²) in [6.07, 6.45) is 6.84. The zero-order valence-corrected chi connectivity index (χ0v) is 19.5. The van der Waals surface area contributed by atoms with Crippen molar-refractivity contribution in [2.75, 3.05) is 5.73 Å². The predicted molar refractivity (Wildman–Crippen MR) is 133 cm³/mol. The van der Waals surface area contributed by atoms with Gasteiger partial charge >= 0.3 is 0 Å². The van der Waals surface area contributed by atoms with Crippen molar-refractivity contribution in [1.82, 2.24) is 39.5 Å². The van der Waals surface area contributed by atoms with E-state index in [1.165, 1.54) is 12.4 Å². The maximum absolute atomic E-state index is 13.2. The Morgan fingerprint density at radius 2 is 1.89 bits per heavy atom. The average Bonchev–Trinajstić information content (AvgIpc) is 3.49. The normalized spacial score (nSPS) is 10.3. The quantitative estimate of drug-likeness (QED) is 0.318. The Kier molecular flexibility index (Phi) is 6.83. The van der Waals surface area contributed by atoms with Gasteiger partial charge in [-0.25, -0.2) is 15.0 Å². The number of H-pyrrole nitrogens is 1. The van der Waals surface area contributed by atoms with Crippen LogP contribution in [0.5, 0.6) is 0 Å². The number of nitrogens with one attached hydrogen (secondary N) is 1. The molecule has 0 unspecified atom stereocenters. The number of aromatic amines is 1. The van der Waals surface area contributed by atoms with Crippen molar-refractivity contribution in [2.24, 2.45) is 12.8 Å². The zero-order chi connectivity index (χ0) is 25.7. The van der Waals surface area contributed by atoms with Crippen LogP contribution >= 0.6 is 0 Å². The van der Waals surface area contributed by atoms with Gasteiger partial charge in [0.05, 0.1) is 17.4 Å². The van der Waals surface area contributed by atoms with Crippen molar-refractivity contribution < 1.29 is 4.79 Å². The molecule has 4 aromatic heterocycles. The molecule has 36 heavy (non-hydrogen) atoms. The Hall–Kier alpha value is -5.31. The van der Waals surface area contributed by atoms with E-state index in [0.717, 1.165) is 11.3 Å². The second kappa shape index (κ2) is 10.3. The molecule has 0 atom stereocenters. The summed E-state index contributed by atoms with van der Waals surface area (Å²) in [5, 5.41) is 11.5. The van der Waals surface area contributed by atoms with Gasteiger partial charge < -0.3 is 11.5 Å². The zero-order valence-electron chi connectivity index (χ0n) is 19.5. The molecule has 0 aliphatic rings. The van der Waals surface area contributed by atoms with Crippen LogP contribution in [0, 0.1) is 11.8 Å². The van der Waals surface area contributed by atoms with Gasteiger partial charge in [0.2, 0.25) is 0 Å². The highest BCUT2D eigenvalue weighted by molar-refractivity contribution is 5.94. The summed E-state index contributed by atoms with van der Waals surface area (Å²) in [6, 6.07) is 9.47. The van der Waals surface area contributed by atoms with Crippen LogP contribution in [0.25, 0.3) is 16.7 Å². The number of anilines is 1. The van der Waals surface area contributed by atoms with Gasteiger partial charge in [0.25, 0.3) is 11.5 Å². The van der Waals surface area contributed by atoms with Crippen LogP contribution in [0.3, 0.4) is 0 Å². The number of hydrogen-bond acceptors (Lipinski definition) is 8. The molecular formula is C24H22N10O2. The molecule has 5 aromatic rings. The van der Waals surface area contributed by atoms with Crippen molar-refractivity contribution in [3.05, 3.63) is 88.2 Å². The molecule has 1 aromatic carbocycles. The first-order valence-electron chi connectivity index (χ1n) is 10.8. The number of primary amides is 1. The van der Waals surface area contributed by atoms with E-state index in [1.807, 2.05) is 44.3 Å². The van der Waals surface area contributed by atoms with E-state index in [0.29, 0.717) is 29.0 Å². The molecule has 5 rings (SSSR count). The fourth-order valence-electron chi connectivity index (χ4n) is 3.35. The molecule has 0 radical (unpaired) electrons. The number of para-hydroxylation sites is 1. The van der Waals surface area contributed by atoms with Crippen LogP contribution in [0.1, 0.15) is 34.5 Å². The predicted octanol–water partition coefficient (Wildman–Crippen LogP) is 0.962. The maximum Gasteiger partial charge on any atom is 0.271 e.